The Labute approximate surface area is 163 Å². The Morgan fingerprint density at radius 3 is 2.52 bits per heavy atom. The highest BCUT2D eigenvalue weighted by Gasteiger charge is 2.51. The van der Waals surface area contributed by atoms with E-state index in [1.165, 1.54) is 4.90 Å². The van der Waals surface area contributed by atoms with Crippen LogP contribution in [0, 0.1) is 0 Å². The number of ether oxygens (including phenoxy) is 2. The summed E-state index contributed by atoms with van der Waals surface area (Å²) in [6, 6.07) is 7.01. The summed E-state index contributed by atoms with van der Waals surface area (Å²) in [4.78, 5) is 19.2. The van der Waals surface area contributed by atoms with Crippen molar-refractivity contribution in [3.63, 3.8) is 0 Å². The fraction of sp³-hybridized carbons (Fsp3) is 0.500. The van der Waals surface area contributed by atoms with Gasteiger partial charge in [0.15, 0.2) is 0 Å². The number of alkyl halides is 1. The van der Waals surface area contributed by atoms with Crippen LogP contribution in [0.5, 0.6) is 0 Å². The summed E-state index contributed by atoms with van der Waals surface area (Å²) in [6.07, 6.45) is 0.677. The molecule has 2 aromatic rings. The zero-order valence-corrected chi connectivity index (χ0v) is 17.0. The zero-order valence-electron chi connectivity index (χ0n) is 16.2. The summed E-state index contributed by atoms with van der Waals surface area (Å²) in [5, 5.41) is 0. The average Bonchev–Trinajstić information content (AvgIpc) is 3.18. The molecule has 0 radical (unpaired) electrons. The van der Waals surface area contributed by atoms with Crippen molar-refractivity contribution in [2.75, 3.05) is 6.67 Å². The lowest BCUT2D eigenvalue weighted by Crippen LogP contribution is -2.50. The first-order valence-corrected chi connectivity index (χ1v) is 9.75. The fourth-order valence-electron chi connectivity index (χ4n) is 3.28. The number of amides is 1. The third-order valence-corrected chi connectivity index (χ3v) is 5.20. The van der Waals surface area contributed by atoms with E-state index in [0.29, 0.717) is 0 Å². The van der Waals surface area contributed by atoms with Gasteiger partial charge in [0.2, 0.25) is 0 Å². The van der Waals surface area contributed by atoms with Crippen LogP contribution in [0.1, 0.15) is 46.3 Å². The molecule has 1 fully saturated rings. The molecule has 146 valence electrons. The second-order valence-electron chi connectivity index (χ2n) is 8.04. The van der Waals surface area contributed by atoms with Gasteiger partial charge in [0.1, 0.15) is 24.1 Å². The molecule has 1 aromatic heterocycles. The van der Waals surface area contributed by atoms with Crippen LogP contribution in [0.2, 0.25) is 0 Å². The SMILES string of the molecule is CC(C)(C)OC(=O)N1[C@H](CF)[C@@H](c2ccc(-c3cncs3)cc2)OC1(C)C. The van der Waals surface area contributed by atoms with Gasteiger partial charge in [0, 0.05) is 6.20 Å². The Bertz CT molecular complexity index is 785. The highest BCUT2D eigenvalue weighted by molar-refractivity contribution is 7.13. The van der Waals surface area contributed by atoms with Crippen molar-refractivity contribution in [3.05, 3.63) is 41.5 Å². The first-order valence-electron chi connectivity index (χ1n) is 8.87. The van der Waals surface area contributed by atoms with Gasteiger partial charge in [-0.2, -0.15) is 0 Å². The predicted molar refractivity (Wildman–Crippen MR) is 103 cm³/mol. The van der Waals surface area contributed by atoms with E-state index in [9.17, 15) is 9.18 Å². The Hall–Kier alpha value is -1.99. The number of benzene rings is 1. The maximum atomic E-state index is 14.0. The van der Waals surface area contributed by atoms with Crippen molar-refractivity contribution < 1.29 is 18.7 Å². The first kappa shape index (κ1) is 19.8. The number of aromatic nitrogens is 1. The number of halogens is 1. The smallest absolute Gasteiger partial charge is 0.413 e. The number of carbonyl (C=O) groups is 1. The van der Waals surface area contributed by atoms with Crippen LogP contribution in [0.3, 0.4) is 0 Å². The van der Waals surface area contributed by atoms with Crippen LogP contribution in [0.25, 0.3) is 10.4 Å². The van der Waals surface area contributed by atoms with Crippen LogP contribution < -0.4 is 0 Å². The van der Waals surface area contributed by atoms with Crippen LogP contribution in [-0.4, -0.2) is 40.0 Å². The number of hydrogen-bond acceptors (Lipinski definition) is 5. The molecule has 1 aliphatic heterocycles. The largest absolute Gasteiger partial charge is 0.444 e. The normalized spacial score (nSPS) is 22.1. The van der Waals surface area contributed by atoms with E-state index in [2.05, 4.69) is 4.98 Å². The number of thiazole rings is 1. The molecular formula is C20H25FN2O3S. The van der Waals surface area contributed by atoms with Gasteiger partial charge in [-0.3, -0.25) is 9.88 Å². The van der Waals surface area contributed by atoms with Crippen molar-refractivity contribution in [1.82, 2.24) is 9.88 Å². The van der Waals surface area contributed by atoms with Gasteiger partial charge in [-0.05, 0) is 45.7 Å². The lowest BCUT2D eigenvalue weighted by atomic mass is 10.0. The van der Waals surface area contributed by atoms with Crippen LogP contribution in [0.15, 0.2) is 36.0 Å². The quantitative estimate of drug-likeness (QED) is 0.721. The van der Waals surface area contributed by atoms with Gasteiger partial charge in [-0.1, -0.05) is 24.3 Å². The predicted octanol–water partition coefficient (Wildman–Crippen LogP) is 5.19. The Morgan fingerprint density at radius 2 is 2.00 bits per heavy atom. The van der Waals surface area contributed by atoms with E-state index < -0.39 is 36.2 Å². The molecule has 5 nitrogen and oxygen atoms in total. The van der Waals surface area contributed by atoms with Crippen molar-refractivity contribution in [3.8, 4) is 10.4 Å². The summed E-state index contributed by atoms with van der Waals surface area (Å²) < 4.78 is 25.6. The van der Waals surface area contributed by atoms with Gasteiger partial charge in [-0.15, -0.1) is 11.3 Å². The summed E-state index contributed by atoms with van der Waals surface area (Å²) >= 11 is 1.56. The van der Waals surface area contributed by atoms with Crippen molar-refractivity contribution in [2.24, 2.45) is 0 Å². The van der Waals surface area contributed by atoms with E-state index in [-0.39, 0.29) is 0 Å². The molecule has 1 aliphatic rings. The molecule has 0 saturated carbocycles. The fourth-order valence-corrected chi connectivity index (χ4v) is 3.91. The molecule has 27 heavy (non-hydrogen) atoms. The Balaban J connectivity index is 1.87. The third kappa shape index (κ3) is 4.14. The number of nitrogens with zero attached hydrogens (tertiary/aromatic N) is 2. The van der Waals surface area contributed by atoms with Crippen LogP contribution in [0.4, 0.5) is 9.18 Å². The van der Waals surface area contributed by atoms with E-state index in [1.807, 2.05) is 30.5 Å². The molecule has 0 aliphatic carbocycles. The third-order valence-electron chi connectivity index (χ3n) is 4.38. The standard InChI is InChI=1S/C20H25FN2O3S/c1-19(2,3)26-18(24)23-15(10-21)17(25-20(23,4)5)14-8-6-13(7-9-14)16-11-22-12-27-16/h6-9,11-12,15,17H,10H2,1-5H3/t15-,17-/m1/s1. The van der Waals surface area contributed by atoms with Crippen LogP contribution >= 0.6 is 11.3 Å². The molecule has 1 amide bonds. The zero-order chi connectivity index (χ0) is 19.8. The number of hydrogen-bond donors (Lipinski definition) is 0. The molecule has 2 atom stereocenters. The molecule has 0 unspecified atom stereocenters. The minimum Gasteiger partial charge on any atom is -0.444 e. The van der Waals surface area contributed by atoms with Gasteiger partial charge in [0.05, 0.1) is 16.4 Å². The van der Waals surface area contributed by atoms with E-state index in [1.54, 1.807) is 51.5 Å². The van der Waals surface area contributed by atoms with Crippen molar-refractivity contribution in [1.29, 1.82) is 0 Å². The highest BCUT2D eigenvalue weighted by Crippen LogP contribution is 2.42. The van der Waals surface area contributed by atoms with Crippen molar-refractivity contribution >= 4 is 17.4 Å². The molecular weight excluding hydrogens is 367 g/mol. The Kier molecular flexibility index (Phi) is 5.27. The topological polar surface area (TPSA) is 51.7 Å². The number of carbonyl (C=O) groups excluding carboxylic acids is 1. The summed E-state index contributed by atoms with van der Waals surface area (Å²) in [6.45, 7) is 8.15. The van der Waals surface area contributed by atoms with Gasteiger partial charge in [0.25, 0.3) is 0 Å². The highest BCUT2D eigenvalue weighted by atomic mass is 32.1. The maximum Gasteiger partial charge on any atom is 0.413 e. The van der Waals surface area contributed by atoms with Gasteiger partial charge >= 0.3 is 6.09 Å². The second-order valence-corrected chi connectivity index (χ2v) is 8.93. The summed E-state index contributed by atoms with van der Waals surface area (Å²) in [7, 11) is 0. The minimum atomic E-state index is -0.972. The lowest BCUT2D eigenvalue weighted by Gasteiger charge is -2.34. The minimum absolute atomic E-state index is 0.562. The molecule has 3 rings (SSSR count). The van der Waals surface area contributed by atoms with Gasteiger partial charge in [-0.25, -0.2) is 9.18 Å². The van der Waals surface area contributed by atoms with E-state index in [0.717, 1.165) is 16.0 Å². The Morgan fingerprint density at radius 1 is 1.33 bits per heavy atom. The van der Waals surface area contributed by atoms with E-state index >= 15 is 0 Å². The summed E-state index contributed by atoms with van der Waals surface area (Å²) in [5.41, 5.74) is 2.01. The molecule has 0 N–H and O–H groups in total. The summed E-state index contributed by atoms with van der Waals surface area (Å²) in [5.74, 6) is 0. The van der Waals surface area contributed by atoms with E-state index in [4.69, 9.17) is 9.47 Å². The second kappa shape index (κ2) is 7.20. The molecule has 0 spiro atoms. The molecule has 0 bridgehead atoms. The molecule has 7 heteroatoms. The van der Waals surface area contributed by atoms with Crippen LogP contribution in [-0.2, 0) is 9.47 Å². The van der Waals surface area contributed by atoms with Gasteiger partial charge < -0.3 is 9.47 Å². The molecule has 1 saturated heterocycles. The molecule has 1 aromatic carbocycles. The molecule has 2 heterocycles. The monoisotopic (exact) mass is 392 g/mol. The average molecular weight is 392 g/mol. The lowest BCUT2D eigenvalue weighted by molar-refractivity contribution is -0.0797. The first-order chi connectivity index (χ1) is 12.6. The maximum absolute atomic E-state index is 14.0. The van der Waals surface area contributed by atoms with Crippen molar-refractivity contribution in [2.45, 2.75) is 58.1 Å². The number of rotatable bonds is 3.